The Balaban J connectivity index is 1.46. The molecule has 0 saturated carbocycles. The molecule has 0 aliphatic carbocycles. The van der Waals surface area contributed by atoms with Crippen LogP contribution in [0.15, 0.2) is 35.7 Å². The van der Waals surface area contributed by atoms with E-state index in [4.69, 9.17) is 0 Å². The monoisotopic (exact) mass is 370 g/mol. The molecule has 0 bridgehead atoms. The molecule has 5 heteroatoms. The molecule has 4 nitrogen and oxygen atoms in total. The minimum absolute atomic E-state index is 0.170. The van der Waals surface area contributed by atoms with E-state index in [2.05, 4.69) is 11.0 Å². The van der Waals surface area contributed by atoms with Gasteiger partial charge in [0.25, 0.3) is 0 Å². The van der Waals surface area contributed by atoms with Gasteiger partial charge in [-0.1, -0.05) is 23.8 Å². The van der Waals surface area contributed by atoms with Crippen molar-refractivity contribution in [2.75, 3.05) is 32.7 Å². The van der Waals surface area contributed by atoms with Crippen molar-refractivity contribution in [1.29, 1.82) is 0 Å². The average molecular weight is 371 g/mol. The maximum atomic E-state index is 12.6. The number of ketones is 1. The molecular formula is C21H26N2O2S. The summed E-state index contributed by atoms with van der Waals surface area (Å²) >= 11 is 1.70. The van der Waals surface area contributed by atoms with E-state index in [1.807, 2.05) is 48.4 Å². The minimum Gasteiger partial charge on any atom is -0.340 e. The summed E-state index contributed by atoms with van der Waals surface area (Å²) in [4.78, 5) is 30.3. The highest BCUT2D eigenvalue weighted by molar-refractivity contribution is 7.09. The van der Waals surface area contributed by atoms with Crippen molar-refractivity contribution in [2.45, 2.75) is 26.7 Å². The van der Waals surface area contributed by atoms with Gasteiger partial charge in [-0.15, -0.1) is 11.3 Å². The van der Waals surface area contributed by atoms with Crippen molar-refractivity contribution >= 4 is 23.0 Å². The predicted molar refractivity (Wildman–Crippen MR) is 106 cm³/mol. The lowest BCUT2D eigenvalue weighted by Gasteiger charge is -2.34. The van der Waals surface area contributed by atoms with Crippen molar-refractivity contribution in [3.05, 3.63) is 57.3 Å². The number of Topliss-reactive ketones (excluding diaryl/α,β-unsaturated/α-hetero) is 1. The summed E-state index contributed by atoms with van der Waals surface area (Å²) in [7, 11) is 0. The molecule has 1 aliphatic rings. The fraction of sp³-hybridized carbons (Fsp3) is 0.429. The Kier molecular flexibility index (Phi) is 6.22. The predicted octanol–water partition coefficient (Wildman–Crippen LogP) is 3.32. The summed E-state index contributed by atoms with van der Waals surface area (Å²) in [6.45, 7) is 7.38. The number of hydrogen-bond acceptors (Lipinski definition) is 4. The van der Waals surface area contributed by atoms with Crippen LogP contribution in [0.25, 0.3) is 0 Å². The third-order valence-corrected chi connectivity index (χ3v) is 5.89. The second-order valence-electron chi connectivity index (χ2n) is 6.98. The first-order valence-corrected chi connectivity index (χ1v) is 10.0. The van der Waals surface area contributed by atoms with Gasteiger partial charge in [-0.2, -0.15) is 0 Å². The molecule has 138 valence electrons. The van der Waals surface area contributed by atoms with E-state index >= 15 is 0 Å². The maximum absolute atomic E-state index is 12.6. The van der Waals surface area contributed by atoms with Crippen LogP contribution in [-0.4, -0.2) is 54.2 Å². The quantitative estimate of drug-likeness (QED) is 0.733. The van der Waals surface area contributed by atoms with Gasteiger partial charge in [-0.05, 0) is 43.3 Å². The maximum Gasteiger partial charge on any atom is 0.223 e. The highest BCUT2D eigenvalue weighted by Crippen LogP contribution is 2.14. The standard InChI is InChI=1S/C21H26N2O2S/c1-16-5-6-17(2)19(14-16)20(24)15-22-9-11-23(12-10-22)21(25)8-7-18-4-3-13-26-18/h3-6,13-14H,7-12,15H2,1-2H3. The second-order valence-corrected chi connectivity index (χ2v) is 8.01. The molecule has 0 radical (unpaired) electrons. The summed E-state index contributed by atoms with van der Waals surface area (Å²) in [5.74, 6) is 0.391. The number of nitrogens with zero attached hydrogens (tertiary/aromatic N) is 2. The third-order valence-electron chi connectivity index (χ3n) is 4.95. The fourth-order valence-electron chi connectivity index (χ4n) is 3.32. The van der Waals surface area contributed by atoms with E-state index in [0.717, 1.165) is 36.2 Å². The lowest BCUT2D eigenvalue weighted by atomic mass is 10.0. The first kappa shape index (κ1) is 18.8. The van der Waals surface area contributed by atoms with Crippen molar-refractivity contribution in [2.24, 2.45) is 0 Å². The Bertz CT molecular complexity index is 762. The molecule has 0 atom stereocenters. The first-order valence-electron chi connectivity index (χ1n) is 9.16. The van der Waals surface area contributed by atoms with Gasteiger partial charge in [0.05, 0.1) is 6.54 Å². The number of amides is 1. The van der Waals surface area contributed by atoms with Crippen molar-refractivity contribution < 1.29 is 9.59 Å². The molecule has 1 amide bonds. The number of carbonyl (C=O) groups excluding carboxylic acids is 2. The molecule has 2 aromatic rings. The minimum atomic E-state index is 0.170. The number of carbonyl (C=O) groups is 2. The third kappa shape index (κ3) is 4.80. The van der Waals surface area contributed by atoms with Crippen molar-refractivity contribution in [3.63, 3.8) is 0 Å². The molecule has 2 heterocycles. The molecule has 1 saturated heterocycles. The van der Waals surface area contributed by atoms with Gasteiger partial charge in [0, 0.05) is 43.0 Å². The van der Waals surface area contributed by atoms with Crippen LogP contribution < -0.4 is 0 Å². The summed E-state index contributed by atoms with van der Waals surface area (Å²) in [6, 6.07) is 10.1. The van der Waals surface area contributed by atoms with E-state index in [-0.39, 0.29) is 11.7 Å². The topological polar surface area (TPSA) is 40.6 Å². The van der Waals surface area contributed by atoms with Crippen molar-refractivity contribution in [3.8, 4) is 0 Å². The van der Waals surface area contributed by atoms with Gasteiger partial charge in [0.2, 0.25) is 5.91 Å². The van der Waals surface area contributed by atoms with Crippen LogP contribution in [0, 0.1) is 13.8 Å². The lowest BCUT2D eigenvalue weighted by molar-refractivity contribution is -0.132. The molecule has 1 aromatic carbocycles. The summed E-state index contributed by atoms with van der Waals surface area (Å²) < 4.78 is 0. The normalized spacial score (nSPS) is 15.2. The molecule has 1 aromatic heterocycles. The Morgan fingerprint density at radius 2 is 1.85 bits per heavy atom. The number of benzene rings is 1. The van der Waals surface area contributed by atoms with Crippen LogP contribution in [0.2, 0.25) is 0 Å². The zero-order chi connectivity index (χ0) is 18.5. The highest BCUT2D eigenvalue weighted by atomic mass is 32.1. The molecular weight excluding hydrogens is 344 g/mol. The molecule has 0 spiro atoms. The lowest BCUT2D eigenvalue weighted by Crippen LogP contribution is -2.50. The van der Waals surface area contributed by atoms with E-state index in [0.29, 0.717) is 26.1 Å². The van der Waals surface area contributed by atoms with Gasteiger partial charge in [0.15, 0.2) is 5.78 Å². The van der Waals surface area contributed by atoms with E-state index in [1.165, 1.54) is 4.88 Å². The highest BCUT2D eigenvalue weighted by Gasteiger charge is 2.23. The van der Waals surface area contributed by atoms with Crippen LogP contribution in [-0.2, 0) is 11.2 Å². The Morgan fingerprint density at radius 1 is 1.08 bits per heavy atom. The van der Waals surface area contributed by atoms with Crippen LogP contribution in [0.3, 0.4) is 0 Å². The number of thiophene rings is 1. The van der Waals surface area contributed by atoms with Crippen LogP contribution >= 0.6 is 11.3 Å². The van der Waals surface area contributed by atoms with Gasteiger partial charge in [-0.25, -0.2) is 0 Å². The Labute approximate surface area is 159 Å². The SMILES string of the molecule is Cc1ccc(C)c(C(=O)CN2CCN(C(=O)CCc3cccs3)CC2)c1. The van der Waals surface area contributed by atoms with Crippen molar-refractivity contribution in [1.82, 2.24) is 9.80 Å². The number of hydrogen-bond donors (Lipinski definition) is 0. The largest absolute Gasteiger partial charge is 0.340 e. The molecule has 0 unspecified atom stereocenters. The number of aryl methyl sites for hydroxylation is 3. The first-order chi connectivity index (χ1) is 12.5. The molecule has 26 heavy (non-hydrogen) atoms. The van der Waals surface area contributed by atoms with E-state index in [9.17, 15) is 9.59 Å². The van der Waals surface area contributed by atoms with Crippen LogP contribution in [0.5, 0.6) is 0 Å². The van der Waals surface area contributed by atoms with Gasteiger partial charge >= 0.3 is 0 Å². The number of rotatable bonds is 6. The smallest absolute Gasteiger partial charge is 0.223 e. The van der Waals surface area contributed by atoms with E-state index in [1.54, 1.807) is 11.3 Å². The Hall–Kier alpha value is -1.98. The van der Waals surface area contributed by atoms with Gasteiger partial charge in [-0.3, -0.25) is 14.5 Å². The fourth-order valence-corrected chi connectivity index (χ4v) is 4.03. The molecule has 0 N–H and O–H groups in total. The van der Waals surface area contributed by atoms with Crippen LogP contribution in [0.1, 0.15) is 32.8 Å². The molecule has 1 fully saturated rings. The molecule has 3 rings (SSSR count). The second kappa shape index (κ2) is 8.60. The zero-order valence-corrected chi connectivity index (χ0v) is 16.3. The van der Waals surface area contributed by atoms with Crippen LogP contribution in [0.4, 0.5) is 0 Å². The average Bonchev–Trinajstić information content (AvgIpc) is 3.16. The number of piperazine rings is 1. The zero-order valence-electron chi connectivity index (χ0n) is 15.5. The summed E-state index contributed by atoms with van der Waals surface area (Å²) in [6.07, 6.45) is 1.39. The molecule has 1 aliphatic heterocycles. The summed E-state index contributed by atoms with van der Waals surface area (Å²) in [5.41, 5.74) is 2.96. The Morgan fingerprint density at radius 3 is 2.54 bits per heavy atom. The van der Waals surface area contributed by atoms with E-state index < -0.39 is 0 Å². The summed E-state index contributed by atoms with van der Waals surface area (Å²) in [5, 5.41) is 2.05. The van der Waals surface area contributed by atoms with Gasteiger partial charge in [0.1, 0.15) is 0 Å². The van der Waals surface area contributed by atoms with Gasteiger partial charge < -0.3 is 4.90 Å².